The summed E-state index contributed by atoms with van der Waals surface area (Å²) in [4.78, 5) is 17.1. The minimum Gasteiger partial charge on any atom is -0.497 e. The predicted octanol–water partition coefficient (Wildman–Crippen LogP) is 6.24. The van der Waals surface area contributed by atoms with Gasteiger partial charge in [-0.05, 0) is 73.9 Å². The number of methoxy groups -OCH3 is 2. The van der Waals surface area contributed by atoms with Crippen LogP contribution in [0.2, 0.25) is 0 Å². The summed E-state index contributed by atoms with van der Waals surface area (Å²) in [6, 6.07) is 12.3. The molecule has 2 aliphatic heterocycles. The molecule has 0 unspecified atom stereocenters. The van der Waals surface area contributed by atoms with Gasteiger partial charge >= 0.3 is 5.97 Å². The van der Waals surface area contributed by atoms with Crippen LogP contribution in [0.15, 0.2) is 36.4 Å². The largest absolute Gasteiger partial charge is 0.497 e. The zero-order valence-corrected chi connectivity index (χ0v) is 24.0. The highest BCUT2D eigenvalue weighted by Gasteiger charge is 2.31. The Morgan fingerprint density at radius 1 is 0.950 bits per heavy atom. The van der Waals surface area contributed by atoms with Crippen LogP contribution in [0.5, 0.6) is 5.75 Å². The zero-order chi connectivity index (χ0) is 27.6. The Balaban J connectivity index is 1.42. The van der Waals surface area contributed by atoms with E-state index in [0.717, 1.165) is 57.1 Å². The molecule has 0 radical (unpaired) electrons. The van der Waals surface area contributed by atoms with E-state index in [2.05, 4.69) is 38.6 Å². The summed E-state index contributed by atoms with van der Waals surface area (Å²) in [5, 5.41) is 11.0. The number of piperidine rings is 1. The molecule has 1 saturated heterocycles. The van der Waals surface area contributed by atoms with Crippen LogP contribution in [0.3, 0.4) is 0 Å². The average Bonchev–Trinajstić information content (AvgIpc) is 3.22. The Kier molecular flexibility index (Phi) is 8.03. The number of anilines is 1. The van der Waals surface area contributed by atoms with Gasteiger partial charge in [-0.1, -0.05) is 25.3 Å². The van der Waals surface area contributed by atoms with Crippen LogP contribution in [0, 0.1) is 5.92 Å². The number of fused-ring (bicyclic) bond motifs is 5. The van der Waals surface area contributed by atoms with Crippen molar-refractivity contribution in [1.82, 2.24) is 9.47 Å². The summed E-state index contributed by atoms with van der Waals surface area (Å²) in [6.07, 6.45) is 8.68. The summed E-state index contributed by atoms with van der Waals surface area (Å²) in [6.45, 7) is 6.74. The van der Waals surface area contributed by atoms with Crippen LogP contribution >= 0.6 is 0 Å². The molecule has 3 aromatic rings. The smallest absolute Gasteiger partial charge is 0.335 e. The molecule has 6 rings (SSSR count). The summed E-state index contributed by atoms with van der Waals surface area (Å²) < 4.78 is 13.6. The van der Waals surface area contributed by atoms with Gasteiger partial charge in [0, 0.05) is 68.1 Å². The standard InChI is InChI=1S/C33H43N3O4/c1-39-22-23-7-6-14-34(21-23)15-16-35-17-18-36-30-19-25(33(37)38)10-12-27(30)31(24-8-4-3-5-9-24)32(36)28-13-11-26(40-2)20-29(28)35/h10-13,19-20,23-24H,3-9,14-18,21-22H2,1-2H3,(H,37,38)/t23-/m1/s1. The van der Waals surface area contributed by atoms with E-state index < -0.39 is 5.97 Å². The molecule has 1 N–H and O–H groups in total. The number of ether oxygens (including phenoxy) is 2. The Morgan fingerprint density at radius 3 is 2.58 bits per heavy atom. The van der Waals surface area contributed by atoms with Crippen molar-refractivity contribution in [3.63, 3.8) is 0 Å². The van der Waals surface area contributed by atoms with Crippen LogP contribution in [0.25, 0.3) is 22.2 Å². The Labute approximate surface area is 237 Å². The van der Waals surface area contributed by atoms with E-state index in [0.29, 0.717) is 17.4 Å². The van der Waals surface area contributed by atoms with Gasteiger partial charge in [0.05, 0.1) is 25.0 Å². The molecule has 2 aromatic carbocycles. The zero-order valence-electron chi connectivity index (χ0n) is 24.0. The summed E-state index contributed by atoms with van der Waals surface area (Å²) in [5.41, 5.74) is 6.57. The number of likely N-dealkylation sites (tertiary alicyclic amines) is 1. The molecule has 0 spiro atoms. The van der Waals surface area contributed by atoms with Gasteiger partial charge in [-0.3, -0.25) is 0 Å². The topological polar surface area (TPSA) is 67.2 Å². The van der Waals surface area contributed by atoms with Gasteiger partial charge < -0.3 is 28.9 Å². The maximum absolute atomic E-state index is 12.0. The van der Waals surface area contributed by atoms with E-state index in [4.69, 9.17) is 9.47 Å². The van der Waals surface area contributed by atoms with Gasteiger partial charge in [0.1, 0.15) is 5.75 Å². The third kappa shape index (κ3) is 5.21. The second-order valence-corrected chi connectivity index (χ2v) is 11.9. The Hall–Kier alpha value is -3.03. The predicted molar refractivity (Wildman–Crippen MR) is 160 cm³/mol. The van der Waals surface area contributed by atoms with Crippen molar-refractivity contribution in [3.05, 3.63) is 47.5 Å². The van der Waals surface area contributed by atoms with Crippen LogP contribution in [-0.2, 0) is 11.3 Å². The summed E-state index contributed by atoms with van der Waals surface area (Å²) in [5.74, 6) is 1.11. The molecule has 1 aromatic heterocycles. The van der Waals surface area contributed by atoms with Crippen LogP contribution in [-0.4, -0.2) is 74.1 Å². The first-order chi connectivity index (χ1) is 19.6. The monoisotopic (exact) mass is 545 g/mol. The molecule has 1 atom stereocenters. The minimum atomic E-state index is -0.870. The van der Waals surface area contributed by atoms with E-state index >= 15 is 0 Å². The van der Waals surface area contributed by atoms with Crippen molar-refractivity contribution in [3.8, 4) is 17.0 Å². The number of carboxylic acids is 1. The Bertz CT molecular complexity index is 1360. The van der Waals surface area contributed by atoms with Crippen molar-refractivity contribution >= 4 is 22.6 Å². The van der Waals surface area contributed by atoms with E-state index in [1.807, 2.05) is 6.07 Å². The molecule has 7 heteroatoms. The number of carboxylic acid groups (broad SMARTS) is 1. The third-order valence-corrected chi connectivity index (χ3v) is 9.45. The van der Waals surface area contributed by atoms with Crippen molar-refractivity contribution in [2.75, 3.05) is 58.5 Å². The average molecular weight is 546 g/mol. The second kappa shape index (κ2) is 11.8. The first-order valence-corrected chi connectivity index (χ1v) is 15.1. The number of nitrogens with zero attached hydrogens (tertiary/aromatic N) is 3. The van der Waals surface area contributed by atoms with Gasteiger partial charge in [-0.25, -0.2) is 4.79 Å². The van der Waals surface area contributed by atoms with Gasteiger partial charge in [0.15, 0.2) is 0 Å². The van der Waals surface area contributed by atoms with Gasteiger partial charge in [0.25, 0.3) is 0 Å². The van der Waals surface area contributed by atoms with Crippen molar-refractivity contribution in [1.29, 1.82) is 0 Å². The number of hydrogen-bond donors (Lipinski definition) is 1. The highest BCUT2D eigenvalue weighted by Crippen LogP contribution is 2.48. The van der Waals surface area contributed by atoms with E-state index in [1.54, 1.807) is 20.3 Å². The minimum absolute atomic E-state index is 0.356. The summed E-state index contributed by atoms with van der Waals surface area (Å²) in [7, 11) is 3.55. The molecule has 3 aliphatic rings. The maximum atomic E-state index is 12.0. The van der Waals surface area contributed by atoms with Crippen molar-refractivity contribution < 1.29 is 19.4 Å². The van der Waals surface area contributed by atoms with Gasteiger partial charge in [0.2, 0.25) is 0 Å². The van der Waals surface area contributed by atoms with E-state index in [-0.39, 0.29) is 0 Å². The quantitative estimate of drug-likeness (QED) is 0.361. The number of hydrogen-bond acceptors (Lipinski definition) is 5. The molecule has 1 saturated carbocycles. The molecule has 7 nitrogen and oxygen atoms in total. The van der Waals surface area contributed by atoms with Crippen LogP contribution in [0.1, 0.15) is 66.8 Å². The van der Waals surface area contributed by atoms with Crippen LogP contribution < -0.4 is 9.64 Å². The fraction of sp³-hybridized carbons (Fsp3) is 0.545. The summed E-state index contributed by atoms with van der Waals surface area (Å²) >= 11 is 0. The molecule has 0 bridgehead atoms. The van der Waals surface area contributed by atoms with Crippen LogP contribution in [0.4, 0.5) is 5.69 Å². The third-order valence-electron chi connectivity index (χ3n) is 9.45. The molecular formula is C33H43N3O4. The lowest BCUT2D eigenvalue weighted by molar-refractivity contribution is 0.0697. The molecule has 0 amide bonds. The first-order valence-electron chi connectivity index (χ1n) is 15.1. The maximum Gasteiger partial charge on any atom is 0.335 e. The number of rotatable bonds is 8. The van der Waals surface area contributed by atoms with Crippen molar-refractivity contribution in [2.24, 2.45) is 5.92 Å². The number of aromatic carboxylic acids is 1. The van der Waals surface area contributed by atoms with E-state index in [9.17, 15) is 9.90 Å². The molecular weight excluding hydrogens is 502 g/mol. The highest BCUT2D eigenvalue weighted by atomic mass is 16.5. The first kappa shape index (κ1) is 27.2. The lowest BCUT2D eigenvalue weighted by Crippen LogP contribution is -2.42. The number of aromatic nitrogens is 1. The lowest BCUT2D eigenvalue weighted by atomic mass is 9.81. The second-order valence-electron chi connectivity index (χ2n) is 11.9. The fourth-order valence-electron chi connectivity index (χ4n) is 7.50. The number of carbonyl (C=O) groups is 1. The van der Waals surface area contributed by atoms with E-state index in [1.165, 1.54) is 72.8 Å². The molecule has 3 heterocycles. The van der Waals surface area contributed by atoms with Crippen molar-refractivity contribution in [2.45, 2.75) is 57.4 Å². The van der Waals surface area contributed by atoms with Gasteiger partial charge in [-0.2, -0.15) is 0 Å². The Morgan fingerprint density at radius 2 is 1.80 bits per heavy atom. The molecule has 1 aliphatic carbocycles. The molecule has 40 heavy (non-hydrogen) atoms. The highest BCUT2D eigenvalue weighted by molar-refractivity contribution is 5.99. The molecule has 2 fully saturated rings. The lowest BCUT2D eigenvalue weighted by Gasteiger charge is -2.34. The SMILES string of the molecule is COC[C@@H]1CCCN(CCN2CCn3c(c(C4CCCCC4)c4ccc(C(=O)O)cc43)-c3ccc(OC)cc32)C1. The number of benzene rings is 2. The normalized spacial score (nSPS) is 20.2. The molecule has 214 valence electrons. The fourth-order valence-corrected chi connectivity index (χ4v) is 7.50. The van der Waals surface area contributed by atoms with Gasteiger partial charge in [-0.15, -0.1) is 0 Å².